The van der Waals surface area contributed by atoms with Crippen molar-refractivity contribution in [2.45, 2.75) is 6.42 Å². The molecular formula is C28H21F2N7. The molecule has 0 aliphatic heterocycles. The molecule has 182 valence electrons. The number of anilines is 3. The number of nitrogens with two attached hydrogens (primary N) is 1. The summed E-state index contributed by atoms with van der Waals surface area (Å²) < 4.78 is 28.9. The van der Waals surface area contributed by atoms with Crippen molar-refractivity contribution in [3.8, 4) is 11.1 Å². The van der Waals surface area contributed by atoms with Crippen molar-refractivity contribution in [1.82, 2.24) is 24.7 Å². The maximum atomic E-state index is 13.8. The zero-order valence-corrected chi connectivity index (χ0v) is 19.8. The molecule has 3 aromatic carbocycles. The predicted octanol–water partition coefficient (Wildman–Crippen LogP) is 5.77. The Labute approximate surface area is 210 Å². The minimum absolute atomic E-state index is 0.379. The zero-order valence-electron chi connectivity index (χ0n) is 19.8. The van der Waals surface area contributed by atoms with Gasteiger partial charge in [-0.3, -0.25) is 4.68 Å². The quantitative estimate of drug-likeness (QED) is 0.317. The zero-order chi connectivity index (χ0) is 25.5. The fraction of sp³-hybridized carbons (Fsp3) is 0.0714. The van der Waals surface area contributed by atoms with Crippen LogP contribution in [0.25, 0.3) is 32.9 Å². The van der Waals surface area contributed by atoms with E-state index < -0.39 is 11.6 Å². The molecule has 6 aromatic rings. The average Bonchev–Trinajstić information content (AvgIpc) is 3.22. The van der Waals surface area contributed by atoms with E-state index in [2.05, 4.69) is 31.4 Å². The third-order valence-electron chi connectivity index (χ3n) is 6.36. The maximum Gasteiger partial charge on any atom is 0.161 e. The first-order valence-corrected chi connectivity index (χ1v) is 11.6. The van der Waals surface area contributed by atoms with Crippen molar-refractivity contribution < 1.29 is 8.78 Å². The van der Waals surface area contributed by atoms with Gasteiger partial charge in [0.25, 0.3) is 0 Å². The van der Waals surface area contributed by atoms with E-state index in [1.54, 1.807) is 16.9 Å². The second-order valence-corrected chi connectivity index (χ2v) is 8.76. The SMILES string of the molecule is Cn1nc(Nc2ncccc2Cc2ccc(F)c(F)c2)c2cc(-c3ccc4ncnc(N)c4c3)ccc21. The van der Waals surface area contributed by atoms with Gasteiger partial charge >= 0.3 is 0 Å². The molecule has 0 radical (unpaired) electrons. The number of hydrogen-bond acceptors (Lipinski definition) is 6. The highest BCUT2D eigenvalue weighted by Gasteiger charge is 2.14. The first-order valence-electron chi connectivity index (χ1n) is 11.6. The number of benzene rings is 3. The summed E-state index contributed by atoms with van der Waals surface area (Å²) in [4.78, 5) is 12.9. The highest BCUT2D eigenvalue weighted by Crippen LogP contribution is 2.32. The summed E-state index contributed by atoms with van der Waals surface area (Å²) in [5.41, 5.74) is 11.2. The number of pyridine rings is 1. The van der Waals surface area contributed by atoms with Crippen LogP contribution in [0.4, 0.5) is 26.2 Å². The van der Waals surface area contributed by atoms with Gasteiger partial charge in [0.1, 0.15) is 18.0 Å². The fourth-order valence-electron chi connectivity index (χ4n) is 4.47. The number of hydrogen-bond donors (Lipinski definition) is 2. The summed E-state index contributed by atoms with van der Waals surface area (Å²) in [5, 5.41) is 9.72. The molecular weight excluding hydrogens is 472 g/mol. The van der Waals surface area contributed by atoms with Crippen LogP contribution < -0.4 is 11.1 Å². The van der Waals surface area contributed by atoms with Crippen molar-refractivity contribution >= 4 is 39.3 Å². The first-order chi connectivity index (χ1) is 18.0. The lowest BCUT2D eigenvalue weighted by Gasteiger charge is -2.10. The molecule has 0 amide bonds. The monoisotopic (exact) mass is 493 g/mol. The maximum absolute atomic E-state index is 13.8. The van der Waals surface area contributed by atoms with Crippen molar-refractivity contribution in [3.05, 3.63) is 102 Å². The van der Waals surface area contributed by atoms with Gasteiger partial charge < -0.3 is 11.1 Å². The molecule has 9 heteroatoms. The Morgan fingerprint density at radius 1 is 0.838 bits per heavy atom. The number of nitrogens with zero attached hydrogens (tertiary/aromatic N) is 5. The number of aryl methyl sites for hydroxylation is 1. The van der Waals surface area contributed by atoms with Gasteiger partial charge in [0.2, 0.25) is 0 Å². The molecule has 0 unspecified atom stereocenters. The summed E-state index contributed by atoms with van der Waals surface area (Å²) in [6.45, 7) is 0. The predicted molar refractivity (Wildman–Crippen MR) is 140 cm³/mol. The van der Waals surface area contributed by atoms with E-state index in [0.29, 0.717) is 29.4 Å². The molecule has 37 heavy (non-hydrogen) atoms. The van der Waals surface area contributed by atoms with Crippen molar-refractivity contribution in [1.29, 1.82) is 0 Å². The lowest BCUT2D eigenvalue weighted by molar-refractivity contribution is 0.507. The van der Waals surface area contributed by atoms with Crippen molar-refractivity contribution in [2.75, 3.05) is 11.1 Å². The van der Waals surface area contributed by atoms with Gasteiger partial charge in [0.15, 0.2) is 17.5 Å². The van der Waals surface area contributed by atoms with E-state index in [0.717, 1.165) is 44.6 Å². The van der Waals surface area contributed by atoms with Crippen LogP contribution in [0.2, 0.25) is 0 Å². The molecule has 0 spiro atoms. The molecule has 0 aliphatic carbocycles. The molecule has 7 nitrogen and oxygen atoms in total. The summed E-state index contributed by atoms with van der Waals surface area (Å²) in [5.74, 6) is -0.0892. The Morgan fingerprint density at radius 3 is 2.49 bits per heavy atom. The molecule has 0 saturated carbocycles. The Hall–Kier alpha value is -4.92. The smallest absolute Gasteiger partial charge is 0.161 e. The van der Waals surface area contributed by atoms with Crippen LogP contribution in [0.3, 0.4) is 0 Å². The van der Waals surface area contributed by atoms with E-state index in [4.69, 9.17) is 5.73 Å². The van der Waals surface area contributed by atoms with Crippen molar-refractivity contribution in [3.63, 3.8) is 0 Å². The molecule has 0 bridgehead atoms. The molecule has 0 atom stereocenters. The van der Waals surface area contributed by atoms with Crippen LogP contribution in [-0.4, -0.2) is 24.7 Å². The Balaban J connectivity index is 1.38. The molecule has 3 aromatic heterocycles. The van der Waals surface area contributed by atoms with Crippen LogP contribution in [0, 0.1) is 11.6 Å². The van der Waals surface area contributed by atoms with Gasteiger partial charge in [0, 0.05) is 30.4 Å². The van der Waals surface area contributed by atoms with Gasteiger partial charge in [-0.25, -0.2) is 23.7 Å². The summed E-state index contributed by atoms with van der Waals surface area (Å²) >= 11 is 0. The van der Waals surface area contributed by atoms with Gasteiger partial charge in [-0.15, -0.1) is 0 Å². The number of rotatable bonds is 5. The van der Waals surface area contributed by atoms with E-state index in [-0.39, 0.29) is 0 Å². The van der Waals surface area contributed by atoms with Crippen LogP contribution in [-0.2, 0) is 13.5 Å². The Bertz CT molecular complexity index is 1800. The molecule has 6 rings (SSSR count). The van der Waals surface area contributed by atoms with E-state index >= 15 is 0 Å². The molecule has 3 heterocycles. The van der Waals surface area contributed by atoms with Gasteiger partial charge in [-0.1, -0.05) is 24.3 Å². The number of nitrogen functional groups attached to an aromatic ring is 1. The summed E-state index contributed by atoms with van der Waals surface area (Å²) in [7, 11) is 1.88. The first kappa shape index (κ1) is 22.5. The highest BCUT2D eigenvalue weighted by molar-refractivity contribution is 5.97. The Kier molecular flexibility index (Phi) is 5.45. The number of fused-ring (bicyclic) bond motifs is 2. The molecule has 0 fully saturated rings. The van der Waals surface area contributed by atoms with Crippen molar-refractivity contribution in [2.24, 2.45) is 7.05 Å². The summed E-state index contributed by atoms with van der Waals surface area (Å²) in [6.07, 6.45) is 3.51. The Morgan fingerprint density at radius 2 is 1.65 bits per heavy atom. The van der Waals surface area contributed by atoms with Gasteiger partial charge in [-0.05, 0) is 64.7 Å². The second kappa shape index (κ2) is 8.94. The number of halogens is 2. The number of nitrogens with one attached hydrogen (secondary N) is 1. The van der Waals surface area contributed by atoms with Crippen LogP contribution >= 0.6 is 0 Å². The lowest BCUT2D eigenvalue weighted by atomic mass is 10.0. The van der Waals surface area contributed by atoms with E-state index in [9.17, 15) is 8.78 Å². The lowest BCUT2D eigenvalue weighted by Crippen LogP contribution is -2.01. The number of aromatic nitrogens is 5. The molecule has 0 aliphatic rings. The van der Waals surface area contributed by atoms with Crippen LogP contribution in [0.5, 0.6) is 0 Å². The van der Waals surface area contributed by atoms with Crippen LogP contribution in [0.15, 0.2) is 79.3 Å². The highest BCUT2D eigenvalue weighted by atomic mass is 19.2. The third-order valence-corrected chi connectivity index (χ3v) is 6.36. The largest absolute Gasteiger partial charge is 0.383 e. The van der Waals surface area contributed by atoms with Crippen LogP contribution in [0.1, 0.15) is 11.1 Å². The molecule has 0 saturated heterocycles. The van der Waals surface area contributed by atoms with E-state index in [1.807, 2.05) is 49.5 Å². The minimum Gasteiger partial charge on any atom is -0.383 e. The van der Waals surface area contributed by atoms with E-state index in [1.165, 1.54) is 12.4 Å². The van der Waals surface area contributed by atoms with Gasteiger partial charge in [-0.2, -0.15) is 5.10 Å². The second-order valence-electron chi connectivity index (χ2n) is 8.76. The van der Waals surface area contributed by atoms with Gasteiger partial charge in [0.05, 0.1) is 11.0 Å². The standard InChI is InChI=1S/C28H21F2N7/c1-37-25-9-6-18(17-5-8-24-20(13-17)26(31)34-15-33-24)14-21(25)28(36-37)35-27-19(3-2-10-32-27)11-16-4-7-22(29)23(30)12-16/h2-10,12-15H,11H2,1H3,(H2,31,33,34)(H,32,35,36). The minimum atomic E-state index is -0.874. The fourth-order valence-corrected chi connectivity index (χ4v) is 4.47. The molecule has 3 N–H and O–H groups in total. The summed E-state index contributed by atoms with van der Waals surface area (Å²) in [6, 6.07) is 19.6. The average molecular weight is 494 g/mol. The third kappa shape index (κ3) is 4.20. The topological polar surface area (TPSA) is 94.5 Å². The normalized spacial score (nSPS) is 11.3.